The van der Waals surface area contributed by atoms with Gasteiger partial charge in [-0.05, 0) is 55.0 Å². The Hall–Kier alpha value is -2.35. The summed E-state index contributed by atoms with van der Waals surface area (Å²) in [6.07, 6.45) is 6.75. The van der Waals surface area contributed by atoms with Gasteiger partial charge in [0, 0.05) is 11.8 Å². The molecule has 0 spiro atoms. The van der Waals surface area contributed by atoms with Gasteiger partial charge in [0.05, 0.1) is 12.8 Å². The summed E-state index contributed by atoms with van der Waals surface area (Å²) in [4.78, 5) is 4.56. The molecule has 2 aromatic carbocycles. The lowest BCUT2D eigenvalue weighted by atomic mass is 9.95. The molecule has 0 aliphatic carbocycles. The first kappa shape index (κ1) is 18.0. The smallest absolute Gasteiger partial charge is 0.129 e. The molecule has 0 aliphatic heterocycles. The third kappa shape index (κ3) is 4.35. The Labute approximate surface area is 145 Å². The predicted octanol–water partition coefficient (Wildman–Crippen LogP) is 6.15. The Bertz CT molecular complexity index is 742. The third-order valence-electron chi connectivity index (χ3n) is 3.94. The largest absolute Gasteiger partial charge is 0.496 e. The van der Waals surface area contributed by atoms with Gasteiger partial charge in [0.2, 0.25) is 0 Å². The van der Waals surface area contributed by atoms with Gasteiger partial charge in [0.1, 0.15) is 5.75 Å². The van der Waals surface area contributed by atoms with Crippen LogP contribution in [0.25, 0.3) is 11.1 Å². The molecular formula is C22H27NO. The minimum Gasteiger partial charge on any atom is -0.496 e. The Morgan fingerprint density at radius 3 is 2.62 bits per heavy atom. The van der Waals surface area contributed by atoms with Crippen LogP contribution >= 0.6 is 0 Å². The molecule has 126 valence electrons. The molecule has 0 N–H and O–H groups in total. The normalized spacial score (nSPS) is 11.8. The van der Waals surface area contributed by atoms with E-state index in [0.717, 1.165) is 34.5 Å². The number of allylic oxidation sites excluding steroid dienone is 2. The van der Waals surface area contributed by atoms with Crippen molar-refractivity contribution < 1.29 is 4.74 Å². The molecule has 0 fully saturated rings. The van der Waals surface area contributed by atoms with E-state index >= 15 is 0 Å². The summed E-state index contributed by atoms with van der Waals surface area (Å²) < 4.78 is 5.75. The van der Waals surface area contributed by atoms with E-state index in [1.54, 1.807) is 7.11 Å². The third-order valence-corrected chi connectivity index (χ3v) is 3.94. The van der Waals surface area contributed by atoms with Gasteiger partial charge >= 0.3 is 0 Å². The first-order valence-electron chi connectivity index (χ1n) is 8.49. The number of hydrogen-bond donors (Lipinski definition) is 0. The number of ether oxygens (including phenoxy) is 1. The van der Waals surface area contributed by atoms with Gasteiger partial charge in [-0.1, -0.05) is 50.3 Å². The number of para-hydroxylation sites is 1. The maximum Gasteiger partial charge on any atom is 0.129 e. The molecule has 2 rings (SSSR count). The van der Waals surface area contributed by atoms with Crippen molar-refractivity contribution in [2.75, 3.05) is 7.11 Å². The number of methoxy groups -OCH3 is 1. The lowest BCUT2D eigenvalue weighted by Crippen LogP contribution is -1.99. The van der Waals surface area contributed by atoms with E-state index in [-0.39, 0.29) is 0 Å². The zero-order chi connectivity index (χ0) is 17.5. The average Bonchev–Trinajstić information content (AvgIpc) is 2.56. The van der Waals surface area contributed by atoms with Crippen LogP contribution in [-0.2, 0) is 6.42 Å². The van der Waals surface area contributed by atoms with Crippen molar-refractivity contribution in [1.82, 2.24) is 0 Å². The molecular weight excluding hydrogens is 294 g/mol. The summed E-state index contributed by atoms with van der Waals surface area (Å²) in [6, 6.07) is 12.8. The van der Waals surface area contributed by atoms with Crippen molar-refractivity contribution in [3.8, 4) is 16.9 Å². The predicted molar refractivity (Wildman–Crippen MR) is 105 cm³/mol. The number of aliphatic imine (C=N–C) groups is 1. The second-order valence-corrected chi connectivity index (χ2v) is 6.40. The molecule has 0 atom stereocenters. The minimum absolute atomic E-state index is 0.591. The van der Waals surface area contributed by atoms with Crippen LogP contribution < -0.4 is 4.74 Å². The van der Waals surface area contributed by atoms with E-state index in [1.165, 1.54) is 5.56 Å². The molecule has 0 aliphatic rings. The molecule has 0 unspecified atom stereocenters. The van der Waals surface area contributed by atoms with Crippen LogP contribution in [0.3, 0.4) is 0 Å². The van der Waals surface area contributed by atoms with Crippen LogP contribution in [0.4, 0.5) is 5.69 Å². The molecule has 0 saturated heterocycles. The first-order chi connectivity index (χ1) is 11.6. The molecule has 2 nitrogen and oxygen atoms in total. The van der Waals surface area contributed by atoms with Crippen LogP contribution in [0, 0.1) is 12.8 Å². The summed E-state index contributed by atoms with van der Waals surface area (Å²) in [5.74, 6) is 1.56. The van der Waals surface area contributed by atoms with Gasteiger partial charge in [0.25, 0.3) is 0 Å². The van der Waals surface area contributed by atoms with Gasteiger partial charge in [0.15, 0.2) is 0 Å². The fourth-order valence-corrected chi connectivity index (χ4v) is 2.78. The van der Waals surface area contributed by atoms with Gasteiger partial charge in [-0.25, -0.2) is 0 Å². The molecule has 0 heterocycles. The fourth-order valence-electron chi connectivity index (χ4n) is 2.78. The molecule has 24 heavy (non-hydrogen) atoms. The Kier molecular flexibility index (Phi) is 6.36. The highest BCUT2D eigenvalue weighted by Crippen LogP contribution is 2.36. The Morgan fingerprint density at radius 2 is 1.96 bits per heavy atom. The van der Waals surface area contributed by atoms with E-state index in [1.807, 2.05) is 25.3 Å². The molecule has 0 aromatic heterocycles. The average molecular weight is 321 g/mol. The lowest BCUT2D eigenvalue weighted by Gasteiger charge is -2.16. The lowest BCUT2D eigenvalue weighted by molar-refractivity contribution is 0.408. The second kappa shape index (κ2) is 8.49. The number of rotatable bonds is 6. The van der Waals surface area contributed by atoms with Crippen LogP contribution in [-0.4, -0.2) is 13.3 Å². The van der Waals surface area contributed by atoms with E-state index in [4.69, 9.17) is 4.74 Å². The molecule has 0 saturated carbocycles. The quantitative estimate of drug-likeness (QED) is 0.585. The van der Waals surface area contributed by atoms with Gasteiger partial charge in [-0.3, -0.25) is 4.99 Å². The zero-order valence-electron chi connectivity index (χ0n) is 15.3. The SMILES string of the molecule is C/C=C\C=Nc1cc(-c2cccc(CC(C)C)c2OC)ccc1C. The van der Waals surface area contributed by atoms with Crippen LogP contribution in [0.15, 0.2) is 53.5 Å². The van der Waals surface area contributed by atoms with Crippen molar-refractivity contribution in [2.45, 2.75) is 34.1 Å². The molecule has 0 radical (unpaired) electrons. The van der Waals surface area contributed by atoms with Crippen molar-refractivity contribution in [3.05, 3.63) is 59.7 Å². The van der Waals surface area contributed by atoms with E-state index in [0.29, 0.717) is 5.92 Å². The maximum absolute atomic E-state index is 5.75. The number of nitrogens with zero attached hydrogens (tertiary/aromatic N) is 1. The second-order valence-electron chi connectivity index (χ2n) is 6.40. The van der Waals surface area contributed by atoms with E-state index < -0.39 is 0 Å². The summed E-state index contributed by atoms with van der Waals surface area (Å²) in [5, 5.41) is 0. The van der Waals surface area contributed by atoms with E-state index in [2.05, 4.69) is 62.2 Å². The summed E-state index contributed by atoms with van der Waals surface area (Å²) in [5.41, 5.74) is 5.66. The topological polar surface area (TPSA) is 21.6 Å². The Morgan fingerprint density at radius 1 is 1.17 bits per heavy atom. The highest BCUT2D eigenvalue weighted by molar-refractivity contribution is 5.79. The fraction of sp³-hybridized carbons (Fsp3) is 0.318. The Balaban J connectivity index is 2.50. The van der Waals surface area contributed by atoms with Crippen molar-refractivity contribution in [1.29, 1.82) is 0 Å². The number of hydrogen-bond acceptors (Lipinski definition) is 2. The first-order valence-corrected chi connectivity index (χ1v) is 8.49. The molecule has 0 bridgehead atoms. The van der Waals surface area contributed by atoms with Crippen molar-refractivity contribution in [3.63, 3.8) is 0 Å². The van der Waals surface area contributed by atoms with Gasteiger partial charge < -0.3 is 4.74 Å². The number of aryl methyl sites for hydroxylation is 1. The van der Waals surface area contributed by atoms with Crippen LogP contribution in [0.2, 0.25) is 0 Å². The van der Waals surface area contributed by atoms with Gasteiger partial charge in [-0.15, -0.1) is 0 Å². The minimum atomic E-state index is 0.591. The summed E-state index contributed by atoms with van der Waals surface area (Å²) in [6.45, 7) is 8.52. The maximum atomic E-state index is 5.75. The highest BCUT2D eigenvalue weighted by atomic mass is 16.5. The summed E-state index contributed by atoms with van der Waals surface area (Å²) >= 11 is 0. The van der Waals surface area contributed by atoms with Crippen LogP contribution in [0.5, 0.6) is 5.75 Å². The standard InChI is InChI=1S/C22H27NO/c1-6-7-13-23-21-15-18(12-11-17(21)4)20-10-8-9-19(14-16(2)3)22(20)24-5/h6-13,15-16H,14H2,1-5H3/b7-6-,23-13?. The van der Waals surface area contributed by atoms with Crippen LogP contribution in [0.1, 0.15) is 31.9 Å². The molecule has 2 heteroatoms. The van der Waals surface area contributed by atoms with Gasteiger partial charge in [-0.2, -0.15) is 0 Å². The monoisotopic (exact) mass is 321 g/mol. The zero-order valence-corrected chi connectivity index (χ0v) is 15.3. The number of benzene rings is 2. The van der Waals surface area contributed by atoms with Crippen molar-refractivity contribution in [2.24, 2.45) is 10.9 Å². The summed E-state index contributed by atoms with van der Waals surface area (Å²) in [7, 11) is 1.75. The van der Waals surface area contributed by atoms with E-state index in [9.17, 15) is 0 Å². The van der Waals surface area contributed by atoms with Crippen molar-refractivity contribution >= 4 is 11.9 Å². The highest BCUT2D eigenvalue weighted by Gasteiger charge is 2.12. The molecule has 0 amide bonds. The molecule has 2 aromatic rings.